The smallest absolute Gasteiger partial charge is 0.0667 e. The molecule has 0 aliphatic heterocycles. The van der Waals surface area contributed by atoms with Crippen molar-refractivity contribution in [3.8, 4) is 0 Å². The highest BCUT2D eigenvalue weighted by molar-refractivity contribution is 5.30. The highest BCUT2D eigenvalue weighted by Gasteiger charge is 2.12. The average Bonchev–Trinajstić information content (AvgIpc) is 2.33. The first kappa shape index (κ1) is 16.2. The van der Waals surface area contributed by atoms with Crippen LogP contribution in [0.1, 0.15) is 49.8 Å². The van der Waals surface area contributed by atoms with Gasteiger partial charge in [-0.2, -0.15) is 0 Å². The topological polar surface area (TPSA) is 23.5 Å². The van der Waals surface area contributed by atoms with Gasteiger partial charge in [-0.25, -0.2) is 0 Å². The largest absolute Gasteiger partial charge is 0.392 e. The molecular weight excluding hydrogens is 234 g/mol. The summed E-state index contributed by atoms with van der Waals surface area (Å²) in [6.45, 7) is 11.4. The van der Waals surface area contributed by atoms with Crippen LogP contribution in [0.25, 0.3) is 0 Å². The SMILES string of the molecule is CCC[C@@H](O)CN(CCC)Cc1ccc(C)cc1C. The molecule has 0 heterocycles. The zero-order valence-electron chi connectivity index (χ0n) is 12.9. The van der Waals surface area contributed by atoms with E-state index in [9.17, 15) is 5.11 Å². The third-order valence-corrected chi connectivity index (χ3v) is 3.52. The van der Waals surface area contributed by atoms with Crippen molar-refractivity contribution < 1.29 is 5.11 Å². The van der Waals surface area contributed by atoms with Crippen LogP contribution in [0.2, 0.25) is 0 Å². The van der Waals surface area contributed by atoms with Crippen molar-refractivity contribution in [3.63, 3.8) is 0 Å². The second-order valence-electron chi connectivity index (χ2n) is 5.61. The van der Waals surface area contributed by atoms with Crippen LogP contribution in [0.5, 0.6) is 0 Å². The lowest BCUT2D eigenvalue weighted by molar-refractivity contribution is 0.101. The summed E-state index contributed by atoms with van der Waals surface area (Å²) in [6, 6.07) is 6.64. The predicted octanol–water partition coefficient (Wildman–Crippen LogP) is 3.68. The molecule has 0 radical (unpaired) electrons. The van der Waals surface area contributed by atoms with E-state index in [4.69, 9.17) is 0 Å². The molecule has 0 fully saturated rings. The fourth-order valence-corrected chi connectivity index (χ4v) is 2.54. The summed E-state index contributed by atoms with van der Waals surface area (Å²) in [6.07, 6.45) is 2.88. The van der Waals surface area contributed by atoms with Gasteiger partial charge in [0.2, 0.25) is 0 Å². The summed E-state index contributed by atoms with van der Waals surface area (Å²) in [7, 11) is 0. The van der Waals surface area contributed by atoms with E-state index in [1.807, 2.05) is 0 Å². The number of hydrogen-bond acceptors (Lipinski definition) is 2. The lowest BCUT2D eigenvalue weighted by Gasteiger charge is -2.25. The molecule has 0 aliphatic rings. The molecule has 2 nitrogen and oxygen atoms in total. The summed E-state index contributed by atoms with van der Waals surface area (Å²) in [5.41, 5.74) is 4.04. The first-order valence-electron chi connectivity index (χ1n) is 7.53. The molecule has 1 N–H and O–H groups in total. The molecule has 1 rings (SSSR count). The second kappa shape index (κ2) is 8.34. The Morgan fingerprint density at radius 1 is 1.16 bits per heavy atom. The van der Waals surface area contributed by atoms with E-state index < -0.39 is 0 Å². The van der Waals surface area contributed by atoms with Gasteiger partial charge in [0, 0.05) is 13.1 Å². The number of hydrogen-bond donors (Lipinski definition) is 1. The molecule has 1 aromatic rings. The maximum atomic E-state index is 10.00. The molecule has 0 bridgehead atoms. The van der Waals surface area contributed by atoms with Crippen molar-refractivity contribution in [2.24, 2.45) is 0 Å². The quantitative estimate of drug-likeness (QED) is 0.773. The number of aryl methyl sites for hydroxylation is 2. The number of rotatable bonds is 8. The van der Waals surface area contributed by atoms with Crippen LogP contribution < -0.4 is 0 Å². The fraction of sp³-hybridized carbons (Fsp3) is 0.647. The van der Waals surface area contributed by atoms with Gasteiger partial charge in [0.05, 0.1) is 6.10 Å². The molecular formula is C17H29NO. The molecule has 1 atom stereocenters. The molecule has 0 saturated carbocycles. The monoisotopic (exact) mass is 263 g/mol. The lowest BCUT2D eigenvalue weighted by Crippen LogP contribution is -2.32. The van der Waals surface area contributed by atoms with Crippen molar-refractivity contribution >= 4 is 0 Å². The van der Waals surface area contributed by atoms with Crippen molar-refractivity contribution in [2.75, 3.05) is 13.1 Å². The van der Waals surface area contributed by atoms with Crippen LogP contribution in [0.4, 0.5) is 0 Å². The third-order valence-electron chi connectivity index (χ3n) is 3.52. The van der Waals surface area contributed by atoms with Gasteiger partial charge in [0.15, 0.2) is 0 Å². The molecule has 19 heavy (non-hydrogen) atoms. The molecule has 0 amide bonds. The Labute approximate surface area is 118 Å². The van der Waals surface area contributed by atoms with Gasteiger partial charge in [-0.15, -0.1) is 0 Å². The Morgan fingerprint density at radius 2 is 1.89 bits per heavy atom. The van der Waals surface area contributed by atoms with Gasteiger partial charge in [0.1, 0.15) is 0 Å². The minimum atomic E-state index is -0.192. The van der Waals surface area contributed by atoms with Crippen LogP contribution in [0.15, 0.2) is 18.2 Å². The molecule has 1 aromatic carbocycles. The number of benzene rings is 1. The Bertz CT molecular complexity index is 376. The molecule has 0 aliphatic carbocycles. The van der Waals surface area contributed by atoms with E-state index >= 15 is 0 Å². The normalized spacial score (nSPS) is 12.9. The van der Waals surface area contributed by atoms with Crippen molar-refractivity contribution in [2.45, 2.75) is 59.6 Å². The molecule has 0 unspecified atom stereocenters. The lowest BCUT2D eigenvalue weighted by atomic mass is 10.0. The zero-order valence-corrected chi connectivity index (χ0v) is 12.9. The number of nitrogens with zero attached hydrogens (tertiary/aromatic N) is 1. The summed E-state index contributed by atoms with van der Waals surface area (Å²) >= 11 is 0. The maximum absolute atomic E-state index is 10.00. The van der Waals surface area contributed by atoms with E-state index in [1.54, 1.807) is 0 Å². The van der Waals surface area contributed by atoms with Gasteiger partial charge in [-0.1, -0.05) is 44.0 Å². The van der Waals surface area contributed by atoms with E-state index in [1.165, 1.54) is 16.7 Å². The second-order valence-corrected chi connectivity index (χ2v) is 5.61. The average molecular weight is 263 g/mol. The van der Waals surface area contributed by atoms with E-state index in [-0.39, 0.29) is 6.10 Å². The first-order chi connectivity index (χ1) is 9.06. The van der Waals surface area contributed by atoms with Crippen molar-refractivity contribution in [1.82, 2.24) is 4.90 Å². The van der Waals surface area contributed by atoms with Crippen LogP contribution in [-0.2, 0) is 6.54 Å². The van der Waals surface area contributed by atoms with E-state index in [0.717, 1.165) is 38.9 Å². The Hall–Kier alpha value is -0.860. The van der Waals surface area contributed by atoms with Gasteiger partial charge >= 0.3 is 0 Å². The molecule has 2 heteroatoms. The summed E-state index contributed by atoms with van der Waals surface area (Å²) in [5, 5.41) is 10.00. The molecule has 0 aromatic heterocycles. The fourth-order valence-electron chi connectivity index (χ4n) is 2.54. The van der Waals surface area contributed by atoms with Gasteiger partial charge in [-0.05, 0) is 44.4 Å². The highest BCUT2D eigenvalue weighted by atomic mass is 16.3. The Morgan fingerprint density at radius 3 is 2.47 bits per heavy atom. The molecule has 0 spiro atoms. The zero-order chi connectivity index (χ0) is 14.3. The number of aliphatic hydroxyl groups excluding tert-OH is 1. The minimum Gasteiger partial charge on any atom is -0.392 e. The maximum Gasteiger partial charge on any atom is 0.0667 e. The standard InChI is InChI=1S/C17H29NO/c1-5-7-17(19)13-18(10-6-2)12-16-9-8-14(3)11-15(16)4/h8-9,11,17,19H,5-7,10,12-13H2,1-4H3/t17-/m1/s1. The van der Waals surface area contributed by atoms with Crippen LogP contribution >= 0.6 is 0 Å². The summed E-state index contributed by atoms with van der Waals surface area (Å²) in [5.74, 6) is 0. The Kier molecular flexibility index (Phi) is 7.11. The minimum absolute atomic E-state index is 0.192. The molecule has 108 valence electrons. The van der Waals surface area contributed by atoms with Gasteiger partial charge < -0.3 is 5.11 Å². The Balaban J connectivity index is 2.66. The predicted molar refractivity (Wildman–Crippen MR) is 82.4 cm³/mol. The highest BCUT2D eigenvalue weighted by Crippen LogP contribution is 2.14. The van der Waals surface area contributed by atoms with Crippen molar-refractivity contribution in [1.29, 1.82) is 0 Å². The van der Waals surface area contributed by atoms with Crippen LogP contribution in [0.3, 0.4) is 0 Å². The van der Waals surface area contributed by atoms with E-state index in [2.05, 4.69) is 50.8 Å². The third kappa shape index (κ3) is 5.75. The van der Waals surface area contributed by atoms with Gasteiger partial charge in [0.25, 0.3) is 0 Å². The summed E-state index contributed by atoms with van der Waals surface area (Å²) in [4.78, 5) is 2.37. The van der Waals surface area contributed by atoms with Crippen LogP contribution in [0, 0.1) is 13.8 Å². The molecule has 0 saturated heterocycles. The van der Waals surface area contributed by atoms with Gasteiger partial charge in [-0.3, -0.25) is 4.90 Å². The number of aliphatic hydroxyl groups is 1. The van der Waals surface area contributed by atoms with Crippen molar-refractivity contribution in [3.05, 3.63) is 34.9 Å². The van der Waals surface area contributed by atoms with E-state index in [0.29, 0.717) is 0 Å². The van der Waals surface area contributed by atoms with Crippen LogP contribution in [-0.4, -0.2) is 29.2 Å². The summed E-state index contributed by atoms with van der Waals surface area (Å²) < 4.78 is 0. The first-order valence-corrected chi connectivity index (χ1v) is 7.53.